The first-order valence-corrected chi connectivity index (χ1v) is 6.08. The van der Waals surface area contributed by atoms with Crippen molar-refractivity contribution in [3.05, 3.63) is 53.0 Å². The molecule has 0 aliphatic heterocycles. The maximum Gasteiger partial charge on any atom is 0.142 e. The van der Waals surface area contributed by atoms with Crippen LogP contribution in [0, 0.1) is 19.7 Å². The van der Waals surface area contributed by atoms with E-state index in [4.69, 9.17) is 0 Å². The van der Waals surface area contributed by atoms with Crippen molar-refractivity contribution in [2.24, 2.45) is 0 Å². The maximum absolute atomic E-state index is 13.1. The van der Waals surface area contributed by atoms with Crippen LogP contribution >= 0.6 is 0 Å². The SMILES string of the molecule is Cc1cc(C)cc(N(C)c2ncc(F)cc2CO)c1. The molecule has 0 amide bonds. The predicted molar refractivity (Wildman–Crippen MR) is 74.1 cm³/mol. The zero-order valence-electron chi connectivity index (χ0n) is 11.3. The van der Waals surface area contributed by atoms with Crippen LogP contribution in [0.25, 0.3) is 0 Å². The van der Waals surface area contributed by atoms with Crippen LogP contribution in [-0.2, 0) is 6.61 Å². The van der Waals surface area contributed by atoms with Crippen molar-refractivity contribution in [2.45, 2.75) is 20.5 Å². The van der Waals surface area contributed by atoms with Crippen LogP contribution in [0.5, 0.6) is 0 Å². The van der Waals surface area contributed by atoms with E-state index in [-0.39, 0.29) is 6.61 Å². The van der Waals surface area contributed by atoms with E-state index in [0.717, 1.165) is 23.0 Å². The molecule has 0 radical (unpaired) electrons. The van der Waals surface area contributed by atoms with E-state index in [1.165, 1.54) is 6.07 Å². The summed E-state index contributed by atoms with van der Waals surface area (Å²) in [6.07, 6.45) is 1.16. The number of rotatable bonds is 3. The summed E-state index contributed by atoms with van der Waals surface area (Å²) in [6, 6.07) is 7.45. The third-order valence-corrected chi connectivity index (χ3v) is 2.99. The lowest BCUT2D eigenvalue weighted by Crippen LogP contribution is -2.14. The Kier molecular flexibility index (Phi) is 3.81. The van der Waals surface area contributed by atoms with E-state index in [1.54, 1.807) is 0 Å². The molecule has 0 saturated heterocycles. The summed E-state index contributed by atoms with van der Waals surface area (Å²) in [4.78, 5) is 5.93. The molecule has 1 aromatic carbocycles. The molecular weight excluding hydrogens is 243 g/mol. The Morgan fingerprint density at radius 3 is 2.37 bits per heavy atom. The molecule has 0 unspecified atom stereocenters. The van der Waals surface area contributed by atoms with E-state index in [2.05, 4.69) is 11.1 Å². The Labute approximate surface area is 112 Å². The van der Waals surface area contributed by atoms with Gasteiger partial charge in [0.05, 0.1) is 12.8 Å². The van der Waals surface area contributed by atoms with Gasteiger partial charge in [0.15, 0.2) is 0 Å². The fourth-order valence-electron chi connectivity index (χ4n) is 2.16. The number of aliphatic hydroxyl groups excluding tert-OH is 1. The second-order valence-electron chi connectivity index (χ2n) is 4.70. The van der Waals surface area contributed by atoms with Gasteiger partial charge in [-0.05, 0) is 43.2 Å². The smallest absolute Gasteiger partial charge is 0.142 e. The Morgan fingerprint density at radius 1 is 1.16 bits per heavy atom. The van der Waals surface area contributed by atoms with Gasteiger partial charge in [0.1, 0.15) is 11.6 Å². The van der Waals surface area contributed by atoms with Gasteiger partial charge < -0.3 is 10.0 Å². The normalized spacial score (nSPS) is 10.6. The molecular formula is C15H17FN2O. The fraction of sp³-hybridized carbons (Fsp3) is 0.267. The average molecular weight is 260 g/mol. The highest BCUT2D eigenvalue weighted by atomic mass is 19.1. The lowest BCUT2D eigenvalue weighted by molar-refractivity contribution is 0.281. The number of anilines is 2. The Bertz CT molecular complexity index is 578. The molecule has 2 rings (SSSR count). The molecule has 0 spiro atoms. The number of aliphatic hydroxyl groups is 1. The Hall–Kier alpha value is -1.94. The Morgan fingerprint density at radius 2 is 1.79 bits per heavy atom. The summed E-state index contributed by atoms with van der Waals surface area (Å²) in [6.45, 7) is 3.81. The van der Waals surface area contributed by atoms with Gasteiger partial charge in [0.2, 0.25) is 0 Å². The number of hydrogen-bond acceptors (Lipinski definition) is 3. The first-order valence-electron chi connectivity index (χ1n) is 6.08. The molecule has 1 N–H and O–H groups in total. The second kappa shape index (κ2) is 5.36. The second-order valence-corrected chi connectivity index (χ2v) is 4.70. The summed E-state index contributed by atoms with van der Waals surface area (Å²) in [5.74, 6) is 0.121. The molecule has 0 fully saturated rings. The molecule has 0 saturated carbocycles. The quantitative estimate of drug-likeness (QED) is 0.921. The van der Waals surface area contributed by atoms with Crippen LogP contribution in [0.1, 0.15) is 16.7 Å². The standard InChI is InChI=1S/C15H17FN2O/c1-10-4-11(2)6-14(5-10)18(3)15-12(9-19)7-13(16)8-17-15/h4-8,19H,9H2,1-3H3. The molecule has 1 aromatic heterocycles. The van der Waals surface area contributed by atoms with E-state index < -0.39 is 5.82 Å². The monoisotopic (exact) mass is 260 g/mol. The van der Waals surface area contributed by atoms with Crippen LogP contribution in [-0.4, -0.2) is 17.1 Å². The van der Waals surface area contributed by atoms with Gasteiger partial charge in [0, 0.05) is 18.3 Å². The minimum absolute atomic E-state index is 0.241. The number of hydrogen-bond donors (Lipinski definition) is 1. The number of aryl methyl sites for hydroxylation is 2. The van der Waals surface area contributed by atoms with Gasteiger partial charge in [-0.15, -0.1) is 0 Å². The zero-order chi connectivity index (χ0) is 14.0. The van der Waals surface area contributed by atoms with Gasteiger partial charge >= 0.3 is 0 Å². The molecule has 1 heterocycles. The summed E-state index contributed by atoms with van der Waals surface area (Å²) < 4.78 is 13.1. The highest BCUT2D eigenvalue weighted by Gasteiger charge is 2.12. The van der Waals surface area contributed by atoms with E-state index >= 15 is 0 Å². The first kappa shape index (κ1) is 13.5. The molecule has 2 aromatic rings. The van der Waals surface area contributed by atoms with Crippen molar-refractivity contribution in [3.8, 4) is 0 Å². The molecule has 0 atom stereocenters. The summed E-state index contributed by atoms with van der Waals surface area (Å²) >= 11 is 0. The van der Waals surface area contributed by atoms with Crippen LogP contribution < -0.4 is 4.90 Å². The lowest BCUT2D eigenvalue weighted by atomic mass is 10.1. The highest BCUT2D eigenvalue weighted by Crippen LogP contribution is 2.27. The van der Waals surface area contributed by atoms with Crippen molar-refractivity contribution >= 4 is 11.5 Å². The minimum atomic E-state index is -0.443. The maximum atomic E-state index is 13.1. The van der Waals surface area contributed by atoms with Gasteiger partial charge in [0.25, 0.3) is 0 Å². The molecule has 0 bridgehead atoms. The number of pyridine rings is 1. The van der Waals surface area contributed by atoms with E-state index in [0.29, 0.717) is 11.4 Å². The number of aromatic nitrogens is 1. The molecule has 0 aliphatic carbocycles. The van der Waals surface area contributed by atoms with E-state index in [1.807, 2.05) is 37.9 Å². The van der Waals surface area contributed by atoms with Crippen molar-refractivity contribution in [2.75, 3.05) is 11.9 Å². The average Bonchev–Trinajstić information content (AvgIpc) is 2.36. The summed E-state index contributed by atoms with van der Waals surface area (Å²) in [7, 11) is 1.85. The molecule has 19 heavy (non-hydrogen) atoms. The van der Waals surface area contributed by atoms with Crippen LogP contribution in [0.15, 0.2) is 30.5 Å². The first-order chi connectivity index (χ1) is 9.01. The predicted octanol–water partition coefficient (Wildman–Crippen LogP) is 3.10. The Balaban J connectivity index is 2.46. The summed E-state index contributed by atoms with van der Waals surface area (Å²) in [5, 5.41) is 9.31. The summed E-state index contributed by atoms with van der Waals surface area (Å²) in [5.41, 5.74) is 3.73. The van der Waals surface area contributed by atoms with Crippen LogP contribution in [0.2, 0.25) is 0 Å². The zero-order valence-corrected chi connectivity index (χ0v) is 11.3. The van der Waals surface area contributed by atoms with Crippen molar-refractivity contribution in [1.82, 2.24) is 4.98 Å². The van der Waals surface area contributed by atoms with Crippen molar-refractivity contribution in [3.63, 3.8) is 0 Å². The third-order valence-electron chi connectivity index (χ3n) is 2.99. The van der Waals surface area contributed by atoms with E-state index in [9.17, 15) is 9.50 Å². The topological polar surface area (TPSA) is 36.4 Å². The van der Waals surface area contributed by atoms with Gasteiger partial charge in [-0.1, -0.05) is 6.07 Å². The number of halogens is 1. The lowest BCUT2D eigenvalue weighted by Gasteiger charge is -2.21. The van der Waals surface area contributed by atoms with Gasteiger partial charge in [-0.3, -0.25) is 0 Å². The largest absolute Gasteiger partial charge is 0.392 e. The van der Waals surface area contributed by atoms with Crippen LogP contribution in [0.3, 0.4) is 0 Å². The van der Waals surface area contributed by atoms with Crippen LogP contribution in [0.4, 0.5) is 15.9 Å². The molecule has 100 valence electrons. The highest BCUT2D eigenvalue weighted by molar-refractivity contribution is 5.63. The molecule has 0 aliphatic rings. The van der Waals surface area contributed by atoms with Crippen molar-refractivity contribution < 1.29 is 9.50 Å². The van der Waals surface area contributed by atoms with Gasteiger partial charge in [-0.2, -0.15) is 0 Å². The fourth-order valence-corrected chi connectivity index (χ4v) is 2.16. The number of nitrogens with zero attached hydrogens (tertiary/aromatic N) is 2. The minimum Gasteiger partial charge on any atom is -0.392 e. The van der Waals surface area contributed by atoms with Crippen molar-refractivity contribution in [1.29, 1.82) is 0 Å². The third kappa shape index (κ3) is 2.90. The molecule has 3 nitrogen and oxygen atoms in total. The molecule has 4 heteroatoms. The van der Waals surface area contributed by atoms with Gasteiger partial charge in [-0.25, -0.2) is 9.37 Å². The number of benzene rings is 1.